The Hall–Kier alpha value is -1.79. The second-order valence-corrected chi connectivity index (χ2v) is 5.90. The van der Waals surface area contributed by atoms with Crippen molar-refractivity contribution in [2.24, 2.45) is 5.41 Å². The van der Waals surface area contributed by atoms with Crippen LogP contribution in [0.5, 0.6) is 0 Å². The second kappa shape index (κ2) is 8.00. The minimum Gasteiger partial charge on any atom is -0.396 e. The van der Waals surface area contributed by atoms with Gasteiger partial charge in [-0.15, -0.1) is 0 Å². The topological polar surface area (TPSA) is 86.6 Å². The summed E-state index contributed by atoms with van der Waals surface area (Å²) in [7, 11) is 0. The number of carbonyl (C=O) groups is 2. The maximum atomic E-state index is 13.4. The summed E-state index contributed by atoms with van der Waals surface area (Å²) in [4.78, 5) is 23.4. The molecule has 0 unspecified atom stereocenters. The average molecular weight is 311 g/mol. The molecule has 3 N–H and O–H groups in total. The van der Waals surface area contributed by atoms with E-state index in [2.05, 4.69) is 5.32 Å². The van der Waals surface area contributed by atoms with E-state index in [0.29, 0.717) is 5.56 Å². The number of nitrogens with one attached hydrogen (secondary N) is 1. The van der Waals surface area contributed by atoms with Gasteiger partial charge in [0, 0.05) is 24.8 Å². The molecule has 0 aliphatic heterocycles. The molecule has 1 atom stereocenters. The molecular formula is C16H22FNO4. The molecule has 0 saturated heterocycles. The van der Waals surface area contributed by atoms with Crippen LogP contribution in [0.1, 0.15) is 25.8 Å². The molecule has 0 aliphatic carbocycles. The number of aliphatic hydroxyl groups is 2. The minimum absolute atomic E-state index is 0.0345. The number of amides is 1. The zero-order valence-corrected chi connectivity index (χ0v) is 12.8. The van der Waals surface area contributed by atoms with Gasteiger partial charge >= 0.3 is 0 Å². The Balaban J connectivity index is 2.40. The molecular weight excluding hydrogens is 289 g/mol. The van der Waals surface area contributed by atoms with Crippen molar-refractivity contribution in [1.82, 2.24) is 5.32 Å². The molecule has 5 nitrogen and oxygen atoms in total. The summed E-state index contributed by atoms with van der Waals surface area (Å²) in [5.41, 5.74) is -0.637. The van der Waals surface area contributed by atoms with Gasteiger partial charge in [0.2, 0.25) is 5.91 Å². The zero-order valence-electron chi connectivity index (χ0n) is 12.8. The highest BCUT2D eigenvalue weighted by Gasteiger charge is 2.32. The number of aliphatic hydroxyl groups excluding tert-OH is 2. The highest BCUT2D eigenvalue weighted by Crippen LogP contribution is 2.19. The van der Waals surface area contributed by atoms with Crippen LogP contribution in [0.25, 0.3) is 0 Å². The standard InChI is InChI=1S/C16H22FNO4/c1-16(2,10-19)14(21)15(22)18-8-7-12(20)9-11-5-3-4-6-13(11)17/h3-6,14,19,21H,7-10H2,1-2H3,(H,18,22)/t14-/m0/s1. The van der Waals surface area contributed by atoms with E-state index in [1.165, 1.54) is 6.07 Å². The molecule has 0 spiro atoms. The third-order valence-electron chi connectivity index (χ3n) is 3.44. The van der Waals surface area contributed by atoms with Gasteiger partial charge in [-0.05, 0) is 11.6 Å². The van der Waals surface area contributed by atoms with Gasteiger partial charge in [-0.3, -0.25) is 9.59 Å². The number of Topliss-reactive ketones (excluding diaryl/α,β-unsaturated/α-hetero) is 1. The van der Waals surface area contributed by atoms with Crippen LogP contribution in [-0.2, 0) is 16.0 Å². The molecule has 0 saturated carbocycles. The summed E-state index contributed by atoms with van der Waals surface area (Å²) in [6.45, 7) is 2.83. The smallest absolute Gasteiger partial charge is 0.249 e. The van der Waals surface area contributed by atoms with Crippen LogP contribution >= 0.6 is 0 Å². The number of carbonyl (C=O) groups excluding carboxylic acids is 2. The van der Waals surface area contributed by atoms with Crippen LogP contribution in [0.3, 0.4) is 0 Å². The van der Waals surface area contributed by atoms with Crippen LogP contribution in [0.4, 0.5) is 4.39 Å². The Bertz CT molecular complexity index is 531. The van der Waals surface area contributed by atoms with E-state index in [1.807, 2.05) is 0 Å². The van der Waals surface area contributed by atoms with Crippen molar-refractivity contribution in [2.45, 2.75) is 32.8 Å². The Morgan fingerprint density at radius 1 is 1.32 bits per heavy atom. The lowest BCUT2D eigenvalue weighted by atomic mass is 9.87. The van der Waals surface area contributed by atoms with Crippen molar-refractivity contribution >= 4 is 11.7 Å². The van der Waals surface area contributed by atoms with Crippen molar-refractivity contribution in [1.29, 1.82) is 0 Å². The highest BCUT2D eigenvalue weighted by atomic mass is 19.1. The second-order valence-electron chi connectivity index (χ2n) is 5.90. The summed E-state index contributed by atoms with van der Waals surface area (Å²) in [5, 5.41) is 21.3. The Kier molecular flexibility index (Phi) is 6.64. The van der Waals surface area contributed by atoms with Gasteiger partial charge in [-0.2, -0.15) is 0 Å². The molecule has 22 heavy (non-hydrogen) atoms. The molecule has 1 aromatic carbocycles. The van der Waals surface area contributed by atoms with E-state index < -0.39 is 23.2 Å². The largest absolute Gasteiger partial charge is 0.396 e. The van der Waals surface area contributed by atoms with Gasteiger partial charge in [0.25, 0.3) is 0 Å². The van der Waals surface area contributed by atoms with E-state index in [-0.39, 0.29) is 31.8 Å². The zero-order chi connectivity index (χ0) is 16.8. The molecule has 0 bridgehead atoms. The van der Waals surface area contributed by atoms with Gasteiger partial charge in [0.1, 0.15) is 17.7 Å². The van der Waals surface area contributed by atoms with Crippen LogP contribution < -0.4 is 5.32 Å². The van der Waals surface area contributed by atoms with Crippen LogP contribution in [0, 0.1) is 11.2 Å². The van der Waals surface area contributed by atoms with Crippen molar-refractivity contribution in [2.75, 3.05) is 13.2 Å². The predicted molar refractivity (Wildman–Crippen MR) is 79.6 cm³/mol. The molecule has 122 valence electrons. The van der Waals surface area contributed by atoms with Gasteiger partial charge < -0.3 is 15.5 Å². The number of rotatable bonds is 8. The average Bonchev–Trinajstić information content (AvgIpc) is 2.48. The van der Waals surface area contributed by atoms with E-state index in [9.17, 15) is 19.1 Å². The Morgan fingerprint density at radius 3 is 2.55 bits per heavy atom. The van der Waals surface area contributed by atoms with E-state index >= 15 is 0 Å². The summed E-state index contributed by atoms with van der Waals surface area (Å²) in [5.74, 6) is -1.28. The SMILES string of the molecule is CC(C)(CO)[C@@H](O)C(=O)NCCC(=O)Cc1ccccc1F. The lowest BCUT2D eigenvalue weighted by molar-refractivity contribution is -0.137. The summed E-state index contributed by atoms with van der Waals surface area (Å²) >= 11 is 0. The molecule has 0 radical (unpaired) electrons. The monoisotopic (exact) mass is 311 g/mol. The first-order chi connectivity index (χ1) is 10.3. The van der Waals surface area contributed by atoms with Gasteiger partial charge in [-0.25, -0.2) is 4.39 Å². The molecule has 1 rings (SSSR count). The third kappa shape index (κ3) is 5.20. The van der Waals surface area contributed by atoms with E-state index in [4.69, 9.17) is 5.11 Å². The van der Waals surface area contributed by atoms with Gasteiger partial charge in [0.15, 0.2) is 0 Å². The molecule has 1 aromatic rings. The minimum atomic E-state index is -1.36. The fourth-order valence-electron chi connectivity index (χ4n) is 1.81. The summed E-state index contributed by atoms with van der Waals surface area (Å²) in [6, 6.07) is 6.03. The maximum absolute atomic E-state index is 13.4. The van der Waals surface area contributed by atoms with Crippen molar-refractivity contribution in [3.05, 3.63) is 35.6 Å². The third-order valence-corrected chi connectivity index (χ3v) is 3.44. The van der Waals surface area contributed by atoms with Crippen LogP contribution in [0.2, 0.25) is 0 Å². The fraction of sp³-hybridized carbons (Fsp3) is 0.500. The quantitative estimate of drug-likeness (QED) is 0.663. The molecule has 1 amide bonds. The summed E-state index contributed by atoms with van der Waals surface area (Å²) < 4.78 is 13.4. The maximum Gasteiger partial charge on any atom is 0.249 e. The normalized spacial score (nSPS) is 12.8. The highest BCUT2D eigenvalue weighted by molar-refractivity contribution is 5.84. The van der Waals surface area contributed by atoms with E-state index in [1.54, 1.807) is 32.0 Å². The van der Waals surface area contributed by atoms with Crippen LogP contribution in [0.15, 0.2) is 24.3 Å². The lowest BCUT2D eigenvalue weighted by Crippen LogP contribution is -2.46. The lowest BCUT2D eigenvalue weighted by Gasteiger charge is -2.27. The van der Waals surface area contributed by atoms with Gasteiger partial charge in [-0.1, -0.05) is 32.0 Å². The number of hydrogen-bond donors (Lipinski definition) is 3. The summed E-state index contributed by atoms with van der Waals surface area (Å²) in [6.07, 6.45) is -1.35. The first kappa shape index (κ1) is 18.3. The first-order valence-electron chi connectivity index (χ1n) is 7.09. The fourth-order valence-corrected chi connectivity index (χ4v) is 1.81. The molecule has 0 fully saturated rings. The van der Waals surface area contributed by atoms with Crippen molar-refractivity contribution in [3.8, 4) is 0 Å². The Morgan fingerprint density at radius 2 is 1.95 bits per heavy atom. The van der Waals surface area contributed by atoms with Gasteiger partial charge in [0.05, 0.1) is 6.61 Å². The Labute approximate surface area is 129 Å². The van der Waals surface area contributed by atoms with Crippen molar-refractivity contribution < 1.29 is 24.2 Å². The molecule has 0 heterocycles. The number of ketones is 1. The first-order valence-corrected chi connectivity index (χ1v) is 7.09. The number of halogens is 1. The van der Waals surface area contributed by atoms with E-state index in [0.717, 1.165) is 0 Å². The predicted octanol–water partition coefficient (Wildman–Crippen LogP) is 0.823. The molecule has 0 aromatic heterocycles. The van der Waals surface area contributed by atoms with Crippen LogP contribution in [-0.4, -0.2) is 41.2 Å². The molecule has 6 heteroatoms. The molecule has 0 aliphatic rings. The number of hydrogen-bond acceptors (Lipinski definition) is 4. The van der Waals surface area contributed by atoms with Crippen molar-refractivity contribution in [3.63, 3.8) is 0 Å². The number of benzene rings is 1.